The van der Waals surface area contributed by atoms with Crippen molar-refractivity contribution in [2.24, 2.45) is 0 Å². The van der Waals surface area contributed by atoms with E-state index >= 15 is 0 Å². The molecular formula is C25H29FN2. The quantitative estimate of drug-likeness (QED) is 0.539. The van der Waals surface area contributed by atoms with E-state index in [0.29, 0.717) is 12.0 Å². The van der Waals surface area contributed by atoms with Crippen molar-refractivity contribution in [3.8, 4) is 11.3 Å². The van der Waals surface area contributed by atoms with Gasteiger partial charge >= 0.3 is 0 Å². The highest BCUT2D eigenvalue weighted by Crippen LogP contribution is 2.37. The second kappa shape index (κ2) is 7.92. The van der Waals surface area contributed by atoms with Crippen molar-refractivity contribution in [3.63, 3.8) is 0 Å². The Bertz CT molecular complexity index is 925. The van der Waals surface area contributed by atoms with Crippen molar-refractivity contribution in [3.05, 3.63) is 83.3 Å². The van der Waals surface area contributed by atoms with E-state index in [1.807, 2.05) is 12.1 Å². The molecule has 2 aromatic carbocycles. The molecule has 1 aliphatic heterocycles. The summed E-state index contributed by atoms with van der Waals surface area (Å²) in [5, 5.41) is 0. The van der Waals surface area contributed by atoms with Gasteiger partial charge in [-0.05, 0) is 72.7 Å². The average Bonchev–Trinajstić information content (AvgIpc) is 3.00. The summed E-state index contributed by atoms with van der Waals surface area (Å²) in [6, 6.07) is 18.1. The standard InChI is InChI=1S/C25H29FN2/c1-18(2)28-17-24-19(3)15-27(16-20-7-5-4-6-8-20)14-13-23(24)25(28)21-9-11-22(26)12-10-21/h4-12,17-19H,13-16H2,1-3H3. The molecule has 0 aliphatic carbocycles. The van der Waals surface area contributed by atoms with Crippen LogP contribution in [0.15, 0.2) is 60.8 Å². The lowest BCUT2D eigenvalue weighted by atomic mass is 9.96. The van der Waals surface area contributed by atoms with Gasteiger partial charge in [0.05, 0.1) is 5.69 Å². The molecule has 2 heterocycles. The van der Waals surface area contributed by atoms with Gasteiger partial charge in [-0.25, -0.2) is 4.39 Å². The van der Waals surface area contributed by atoms with Crippen LogP contribution in [-0.4, -0.2) is 22.6 Å². The molecule has 1 aromatic heterocycles. The number of rotatable bonds is 4. The van der Waals surface area contributed by atoms with Crippen LogP contribution in [0, 0.1) is 5.82 Å². The molecule has 1 aliphatic rings. The molecule has 0 spiro atoms. The Balaban J connectivity index is 1.68. The Labute approximate surface area is 167 Å². The van der Waals surface area contributed by atoms with Crippen LogP contribution < -0.4 is 0 Å². The van der Waals surface area contributed by atoms with Gasteiger partial charge in [0.1, 0.15) is 5.82 Å². The summed E-state index contributed by atoms with van der Waals surface area (Å²) < 4.78 is 15.9. The van der Waals surface area contributed by atoms with Crippen molar-refractivity contribution < 1.29 is 4.39 Å². The zero-order valence-corrected chi connectivity index (χ0v) is 17.0. The summed E-state index contributed by atoms with van der Waals surface area (Å²) >= 11 is 0. The normalized spacial score (nSPS) is 17.5. The Morgan fingerprint density at radius 3 is 2.43 bits per heavy atom. The molecule has 0 amide bonds. The van der Waals surface area contributed by atoms with Crippen molar-refractivity contribution in [2.45, 2.75) is 45.7 Å². The molecule has 3 heteroatoms. The molecule has 146 valence electrons. The molecule has 0 radical (unpaired) electrons. The van der Waals surface area contributed by atoms with Gasteiger partial charge in [0.2, 0.25) is 0 Å². The van der Waals surface area contributed by atoms with Gasteiger partial charge in [-0.3, -0.25) is 4.90 Å². The van der Waals surface area contributed by atoms with E-state index in [4.69, 9.17) is 0 Å². The van der Waals surface area contributed by atoms with Crippen LogP contribution in [0.25, 0.3) is 11.3 Å². The van der Waals surface area contributed by atoms with Crippen LogP contribution in [0.2, 0.25) is 0 Å². The van der Waals surface area contributed by atoms with Crippen molar-refractivity contribution in [1.29, 1.82) is 0 Å². The summed E-state index contributed by atoms with van der Waals surface area (Å²) in [7, 11) is 0. The summed E-state index contributed by atoms with van der Waals surface area (Å²) in [6.07, 6.45) is 3.37. The van der Waals surface area contributed by atoms with Gasteiger partial charge in [0.25, 0.3) is 0 Å². The molecule has 0 saturated carbocycles. The molecule has 0 N–H and O–H groups in total. The monoisotopic (exact) mass is 376 g/mol. The largest absolute Gasteiger partial charge is 0.344 e. The molecule has 0 saturated heterocycles. The highest BCUT2D eigenvalue weighted by Gasteiger charge is 2.26. The predicted molar refractivity (Wildman–Crippen MR) is 114 cm³/mol. The van der Waals surface area contributed by atoms with Gasteiger partial charge in [0.15, 0.2) is 0 Å². The van der Waals surface area contributed by atoms with Crippen LogP contribution in [0.4, 0.5) is 4.39 Å². The number of halogens is 1. The molecule has 0 bridgehead atoms. The Morgan fingerprint density at radius 2 is 1.75 bits per heavy atom. The molecule has 4 rings (SSSR count). The maximum atomic E-state index is 13.5. The Morgan fingerprint density at radius 1 is 1.04 bits per heavy atom. The number of fused-ring (bicyclic) bond motifs is 1. The van der Waals surface area contributed by atoms with E-state index in [-0.39, 0.29) is 5.82 Å². The summed E-state index contributed by atoms with van der Waals surface area (Å²) in [5.41, 5.74) is 6.62. The van der Waals surface area contributed by atoms with Gasteiger partial charge in [-0.1, -0.05) is 37.3 Å². The Kier molecular flexibility index (Phi) is 5.36. The van der Waals surface area contributed by atoms with E-state index < -0.39 is 0 Å². The van der Waals surface area contributed by atoms with E-state index in [2.05, 4.69) is 66.8 Å². The Hall–Kier alpha value is -2.39. The first-order valence-electron chi connectivity index (χ1n) is 10.3. The SMILES string of the molecule is CC1CN(Cc2ccccc2)CCc2c1cn(C(C)C)c2-c1ccc(F)cc1. The number of hydrogen-bond acceptors (Lipinski definition) is 1. The minimum Gasteiger partial charge on any atom is -0.344 e. The summed E-state index contributed by atoms with van der Waals surface area (Å²) in [4.78, 5) is 2.56. The molecule has 0 fully saturated rings. The molecule has 1 unspecified atom stereocenters. The van der Waals surface area contributed by atoms with E-state index in [9.17, 15) is 4.39 Å². The molecule has 28 heavy (non-hydrogen) atoms. The minimum absolute atomic E-state index is 0.181. The third kappa shape index (κ3) is 3.77. The number of aromatic nitrogens is 1. The fourth-order valence-corrected chi connectivity index (χ4v) is 4.44. The second-order valence-corrected chi connectivity index (χ2v) is 8.29. The summed E-state index contributed by atoms with van der Waals surface area (Å²) in [6.45, 7) is 9.87. The fourth-order valence-electron chi connectivity index (χ4n) is 4.44. The number of nitrogens with zero attached hydrogens (tertiary/aromatic N) is 2. The van der Waals surface area contributed by atoms with Gasteiger partial charge in [-0.2, -0.15) is 0 Å². The van der Waals surface area contributed by atoms with Crippen LogP contribution in [0.5, 0.6) is 0 Å². The zero-order chi connectivity index (χ0) is 19.7. The summed E-state index contributed by atoms with van der Waals surface area (Å²) in [5.74, 6) is 0.292. The van der Waals surface area contributed by atoms with Gasteiger partial charge in [0, 0.05) is 31.9 Å². The third-order valence-corrected chi connectivity index (χ3v) is 5.83. The lowest BCUT2D eigenvalue weighted by Crippen LogP contribution is -2.27. The number of hydrogen-bond donors (Lipinski definition) is 0. The lowest BCUT2D eigenvalue weighted by molar-refractivity contribution is 0.263. The average molecular weight is 377 g/mol. The van der Waals surface area contributed by atoms with E-state index in [0.717, 1.165) is 31.6 Å². The van der Waals surface area contributed by atoms with Crippen LogP contribution in [-0.2, 0) is 13.0 Å². The second-order valence-electron chi connectivity index (χ2n) is 8.29. The highest BCUT2D eigenvalue weighted by molar-refractivity contribution is 5.67. The minimum atomic E-state index is -0.181. The van der Waals surface area contributed by atoms with Crippen molar-refractivity contribution >= 4 is 0 Å². The highest BCUT2D eigenvalue weighted by atomic mass is 19.1. The lowest BCUT2D eigenvalue weighted by Gasteiger charge is -2.23. The smallest absolute Gasteiger partial charge is 0.123 e. The molecule has 3 aromatic rings. The fraction of sp³-hybridized carbons (Fsp3) is 0.360. The maximum absolute atomic E-state index is 13.5. The third-order valence-electron chi connectivity index (χ3n) is 5.83. The predicted octanol–water partition coefficient (Wildman–Crippen LogP) is 6.04. The first kappa shape index (κ1) is 18.9. The molecule has 2 nitrogen and oxygen atoms in total. The van der Waals surface area contributed by atoms with E-state index in [1.165, 1.54) is 22.4 Å². The topological polar surface area (TPSA) is 8.17 Å². The maximum Gasteiger partial charge on any atom is 0.123 e. The number of benzene rings is 2. The molecule has 1 atom stereocenters. The first-order chi connectivity index (χ1) is 13.5. The first-order valence-corrected chi connectivity index (χ1v) is 10.3. The molecular weight excluding hydrogens is 347 g/mol. The van der Waals surface area contributed by atoms with Gasteiger partial charge < -0.3 is 4.57 Å². The van der Waals surface area contributed by atoms with Crippen molar-refractivity contribution in [2.75, 3.05) is 13.1 Å². The zero-order valence-electron chi connectivity index (χ0n) is 17.0. The van der Waals surface area contributed by atoms with E-state index in [1.54, 1.807) is 12.1 Å². The van der Waals surface area contributed by atoms with Crippen molar-refractivity contribution in [1.82, 2.24) is 9.47 Å². The van der Waals surface area contributed by atoms with Crippen LogP contribution >= 0.6 is 0 Å². The van der Waals surface area contributed by atoms with Gasteiger partial charge in [-0.15, -0.1) is 0 Å². The van der Waals surface area contributed by atoms with Crippen LogP contribution in [0.1, 0.15) is 49.4 Å². The van der Waals surface area contributed by atoms with Crippen LogP contribution in [0.3, 0.4) is 0 Å².